The minimum Gasteiger partial charge on any atom is -0.342 e. The van der Waals surface area contributed by atoms with Crippen LogP contribution in [0.4, 0.5) is 0 Å². The Hall–Kier alpha value is -2.33. The number of fused-ring (bicyclic) bond motifs is 1. The number of nitrogens with one attached hydrogen (secondary N) is 2. The number of H-pyrrole nitrogens is 1. The van der Waals surface area contributed by atoms with Crippen molar-refractivity contribution in [3.63, 3.8) is 0 Å². The SMILES string of the molecule is CC(C)C[C@@H](NC(=O)c1ccc(Cl)cc1)c1nc2ccccc2[nH]1. The zero-order chi connectivity index (χ0) is 17.1. The van der Waals surface area contributed by atoms with Crippen LogP contribution in [0.1, 0.15) is 42.5 Å². The van der Waals surface area contributed by atoms with Gasteiger partial charge in [-0.2, -0.15) is 0 Å². The van der Waals surface area contributed by atoms with Crippen molar-refractivity contribution >= 4 is 28.5 Å². The molecule has 124 valence electrons. The van der Waals surface area contributed by atoms with Crippen LogP contribution < -0.4 is 5.32 Å². The van der Waals surface area contributed by atoms with E-state index in [0.717, 1.165) is 23.3 Å². The third-order valence-corrected chi connectivity index (χ3v) is 4.11. The van der Waals surface area contributed by atoms with Crippen LogP contribution >= 0.6 is 11.6 Å². The molecule has 0 aliphatic carbocycles. The van der Waals surface area contributed by atoms with Gasteiger partial charge in [-0.25, -0.2) is 4.98 Å². The Bertz CT molecular complexity index is 806. The van der Waals surface area contributed by atoms with Crippen molar-refractivity contribution in [2.45, 2.75) is 26.3 Å². The minimum absolute atomic E-state index is 0.127. The quantitative estimate of drug-likeness (QED) is 0.704. The van der Waals surface area contributed by atoms with Crippen LogP contribution in [0.5, 0.6) is 0 Å². The van der Waals surface area contributed by atoms with Crippen molar-refractivity contribution in [3.8, 4) is 0 Å². The summed E-state index contributed by atoms with van der Waals surface area (Å²) in [6, 6.07) is 14.6. The summed E-state index contributed by atoms with van der Waals surface area (Å²) in [6.45, 7) is 4.26. The lowest BCUT2D eigenvalue weighted by Crippen LogP contribution is -2.30. The minimum atomic E-state index is -0.166. The maximum atomic E-state index is 12.5. The van der Waals surface area contributed by atoms with E-state index in [4.69, 9.17) is 11.6 Å². The summed E-state index contributed by atoms with van der Waals surface area (Å²) in [7, 11) is 0. The standard InChI is InChI=1S/C19H20ClN3O/c1-12(2)11-17(18-21-15-5-3-4-6-16(15)22-18)23-19(24)13-7-9-14(20)10-8-13/h3-10,12,17H,11H2,1-2H3,(H,21,22)(H,23,24)/t17-/m1/s1. The molecule has 4 nitrogen and oxygen atoms in total. The van der Waals surface area contributed by atoms with Crippen molar-refractivity contribution in [1.82, 2.24) is 15.3 Å². The van der Waals surface area contributed by atoms with E-state index < -0.39 is 0 Å². The normalized spacial score (nSPS) is 12.5. The van der Waals surface area contributed by atoms with Gasteiger partial charge in [0.25, 0.3) is 5.91 Å². The molecule has 1 atom stereocenters. The molecule has 0 radical (unpaired) electrons. The van der Waals surface area contributed by atoms with Gasteiger partial charge in [0, 0.05) is 10.6 Å². The average molecular weight is 342 g/mol. The predicted molar refractivity (Wildman–Crippen MR) is 97.2 cm³/mol. The molecule has 0 unspecified atom stereocenters. The highest BCUT2D eigenvalue weighted by molar-refractivity contribution is 6.30. The molecule has 2 aromatic carbocycles. The molecule has 24 heavy (non-hydrogen) atoms. The average Bonchev–Trinajstić information content (AvgIpc) is 2.98. The van der Waals surface area contributed by atoms with Crippen LogP contribution in [0.2, 0.25) is 5.02 Å². The Labute approximate surface area is 146 Å². The third-order valence-electron chi connectivity index (χ3n) is 3.86. The number of hydrogen-bond acceptors (Lipinski definition) is 2. The second kappa shape index (κ2) is 7.05. The fourth-order valence-electron chi connectivity index (χ4n) is 2.69. The van der Waals surface area contributed by atoms with Crippen LogP contribution in [0.25, 0.3) is 11.0 Å². The first kappa shape index (κ1) is 16.5. The van der Waals surface area contributed by atoms with Crippen molar-refractivity contribution in [2.75, 3.05) is 0 Å². The number of nitrogens with zero attached hydrogens (tertiary/aromatic N) is 1. The Morgan fingerprint density at radius 3 is 2.54 bits per heavy atom. The van der Waals surface area contributed by atoms with E-state index >= 15 is 0 Å². The second-order valence-electron chi connectivity index (χ2n) is 6.30. The van der Waals surface area contributed by atoms with Crippen LogP contribution in [0, 0.1) is 5.92 Å². The molecular formula is C19H20ClN3O. The highest BCUT2D eigenvalue weighted by Gasteiger charge is 2.20. The number of aromatic nitrogens is 2. The van der Waals surface area contributed by atoms with Crippen molar-refractivity contribution in [1.29, 1.82) is 0 Å². The van der Waals surface area contributed by atoms with Gasteiger partial charge in [0.1, 0.15) is 5.82 Å². The van der Waals surface area contributed by atoms with Crippen LogP contribution in [-0.2, 0) is 0 Å². The van der Waals surface area contributed by atoms with Crippen molar-refractivity contribution in [2.24, 2.45) is 5.92 Å². The summed E-state index contributed by atoms with van der Waals surface area (Å²) >= 11 is 5.89. The molecule has 0 aliphatic heterocycles. The maximum absolute atomic E-state index is 12.5. The van der Waals surface area contributed by atoms with Crippen molar-refractivity contribution < 1.29 is 4.79 Å². The number of hydrogen-bond donors (Lipinski definition) is 2. The fourth-order valence-corrected chi connectivity index (χ4v) is 2.82. The second-order valence-corrected chi connectivity index (χ2v) is 6.74. The Morgan fingerprint density at radius 2 is 1.88 bits per heavy atom. The first-order valence-corrected chi connectivity index (χ1v) is 8.42. The molecular weight excluding hydrogens is 322 g/mol. The van der Waals surface area contributed by atoms with E-state index in [9.17, 15) is 4.79 Å². The first-order chi connectivity index (χ1) is 11.5. The molecule has 0 fully saturated rings. The molecule has 0 spiro atoms. The molecule has 2 N–H and O–H groups in total. The highest BCUT2D eigenvalue weighted by Crippen LogP contribution is 2.22. The summed E-state index contributed by atoms with van der Waals surface area (Å²) in [4.78, 5) is 20.5. The van der Waals surface area contributed by atoms with Gasteiger partial charge < -0.3 is 10.3 Å². The van der Waals surface area contributed by atoms with Gasteiger partial charge in [-0.15, -0.1) is 0 Å². The zero-order valence-electron chi connectivity index (χ0n) is 13.7. The van der Waals surface area contributed by atoms with Crippen LogP contribution in [0.15, 0.2) is 48.5 Å². The number of para-hydroxylation sites is 2. The molecule has 0 saturated heterocycles. The molecule has 1 amide bonds. The number of halogens is 1. The molecule has 1 aromatic heterocycles. The summed E-state index contributed by atoms with van der Waals surface area (Å²) in [6.07, 6.45) is 0.805. The predicted octanol–water partition coefficient (Wildman–Crippen LogP) is 4.73. The van der Waals surface area contributed by atoms with E-state index in [2.05, 4.69) is 29.1 Å². The molecule has 3 rings (SSSR count). The fraction of sp³-hybridized carbons (Fsp3) is 0.263. The lowest BCUT2D eigenvalue weighted by Gasteiger charge is -2.18. The van der Waals surface area contributed by atoms with Crippen LogP contribution in [0.3, 0.4) is 0 Å². The van der Waals surface area contributed by atoms with E-state index in [-0.39, 0.29) is 11.9 Å². The molecule has 3 aromatic rings. The van der Waals surface area contributed by atoms with Gasteiger partial charge in [-0.3, -0.25) is 4.79 Å². The topological polar surface area (TPSA) is 57.8 Å². The summed E-state index contributed by atoms with van der Waals surface area (Å²) in [5.74, 6) is 1.08. The van der Waals surface area contributed by atoms with E-state index in [1.54, 1.807) is 24.3 Å². The number of carbonyl (C=O) groups is 1. The van der Waals surface area contributed by atoms with E-state index in [1.807, 2.05) is 24.3 Å². The maximum Gasteiger partial charge on any atom is 0.251 e. The summed E-state index contributed by atoms with van der Waals surface area (Å²) < 4.78 is 0. The largest absolute Gasteiger partial charge is 0.342 e. The Kier molecular flexibility index (Phi) is 4.86. The molecule has 0 bridgehead atoms. The Morgan fingerprint density at radius 1 is 1.17 bits per heavy atom. The molecule has 0 saturated carbocycles. The number of rotatable bonds is 5. The Balaban J connectivity index is 1.85. The number of aromatic amines is 1. The van der Waals surface area contributed by atoms with Gasteiger partial charge in [0.05, 0.1) is 17.1 Å². The van der Waals surface area contributed by atoms with Gasteiger partial charge in [0.2, 0.25) is 0 Å². The molecule has 5 heteroatoms. The monoisotopic (exact) mass is 341 g/mol. The molecule has 1 heterocycles. The third kappa shape index (κ3) is 3.77. The number of carbonyl (C=O) groups excluding carboxylic acids is 1. The first-order valence-electron chi connectivity index (χ1n) is 8.04. The summed E-state index contributed by atoms with van der Waals surface area (Å²) in [5, 5.41) is 3.70. The lowest BCUT2D eigenvalue weighted by molar-refractivity contribution is 0.0930. The number of amides is 1. The van der Waals surface area contributed by atoms with Gasteiger partial charge in [-0.1, -0.05) is 37.6 Å². The number of imidazole rings is 1. The van der Waals surface area contributed by atoms with E-state index in [1.165, 1.54) is 0 Å². The van der Waals surface area contributed by atoms with Crippen molar-refractivity contribution in [3.05, 3.63) is 64.9 Å². The lowest BCUT2D eigenvalue weighted by atomic mass is 10.0. The van der Waals surface area contributed by atoms with Gasteiger partial charge in [0.15, 0.2) is 0 Å². The van der Waals surface area contributed by atoms with Gasteiger partial charge in [-0.05, 0) is 48.7 Å². The van der Waals surface area contributed by atoms with Gasteiger partial charge >= 0.3 is 0 Å². The van der Waals surface area contributed by atoms with E-state index in [0.29, 0.717) is 16.5 Å². The highest BCUT2D eigenvalue weighted by atomic mass is 35.5. The smallest absolute Gasteiger partial charge is 0.251 e. The summed E-state index contributed by atoms with van der Waals surface area (Å²) in [5.41, 5.74) is 2.47. The zero-order valence-corrected chi connectivity index (χ0v) is 14.5. The molecule has 0 aliphatic rings. The number of benzene rings is 2. The van der Waals surface area contributed by atoms with Crippen LogP contribution in [-0.4, -0.2) is 15.9 Å².